The van der Waals surface area contributed by atoms with Gasteiger partial charge in [0, 0.05) is 24.7 Å². The summed E-state index contributed by atoms with van der Waals surface area (Å²) in [6.07, 6.45) is 7.47. The van der Waals surface area contributed by atoms with Gasteiger partial charge in [0.25, 0.3) is 0 Å². The maximum atomic E-state index is 11.2. The van der Waals surface area contributed by atoms with Crippen LogP contribution in [0.25, 0.3) is 0 Å². The van der Waals surface area contributed by atoms with Gasteiger partial charge in [0.15, 0.2) is 0 Å². The topological polar surface area (TPSA) is 58.4 Å². The molecule has 17 heavy (non-hydrogen) atoms. The summed E-state index contributed by atoms with van der Waals surface area (Å²) < 4.78 is 0. The van der Waals surface area contributed by atoms with Gasteiger partial charge in [0.1, 0.15) is 0 Å². The monoisotopic (exact) mass is 239 g/mol. The highest BCUT2D eigenvalue weighted by molar-refractivity contribution is 5.76. The molecule has 0 radical (unpaired) electrons. The average Bonchev–Trinajstić information content (AvgIpc) is 2.80. The van der Waals surface area contributed by atoms with Crippen LogP contribution in [-0.4, -0.2) is 42.0 Å². The van der Waals surface area contributed by atoms with Crippen LogP contribution in [-0.2, 0) is 4.79 Å². The van der Waals surface area contributed by atoms with Gasteiger partial charge in [-0.2, -0.15) is 0 Å². The lowest BCUT2D eigenvalue weighted by molar-refractivity contribution is -0.120. The van der Waals surface area contributed by atoms with Crippen molar-refractivity contribution in [3.05, 3.63) is 0 Å². The summed E-state index contributed by atoms with van der Waals surface area (Å²) in [5.41, 5.74) is 5.39. The van der Waals surface area contributed by atoms with E-state index >= 15 is 0 Å². The van der Waals surface area contributed by atoms with Crippen molar-refractivity contribution in [1.82, 2.24) is 10.2 Å². The summed E-state index contributed by atoms with van der Waals surface area (Å²) in [6, 6.07) is 1.70. The largest absolute Gasteiger partial charge is 0.369 e. The third-order valence-electron chi connectivity index (χ3n) is 4.24. The summed E-state index contributed by atoms with van der Waals surface area (Å²) in [5, 5.41) is 3.52. The van der Waals surface area contributed by atoms with Crippen LogP contribution in [0.4, 0.5) is 0 Å². The minimum Gasteiger partial charge on any atom is -0.369 e. The molecule has 0 aromatic carbocycles. The molecule has 0 spiro atoms. The van der Waals surface area contributed by atoms with Crippen molar-refractivity contribution < 1.29 is 4.79 Å². The van der Waals surface area contributed by atoms with Crippen molar-refractivity contribution >= 4 is 5.91 Å². The van der Waals surface area contributed by atoms with Gasteiger partial charge in [-0.05, 0) is 32.6 Å². The summed E-state index contributed by atoms with van der Waals surface area (Å²) >= 11 is 0. The Hall–Kier alpha value is -0.610. The average molecular weight is 239 g/mol. The number of nitrogens with two attached hydrogens (primary N) is 1. The van der Waals surface area contributed by atoms with Crippen molar-refractivity contribution in [3.8, 4) is 0 Å². The van der Waals surface area contributed by atoms with Crippen molar-refractivity contribution in [1.29, 1.82) is 0 Å². The number of hydrogen-bond acceptors (Lipinski definition) is 3. The van der Waals surface area contributed by atoms with Crippen LogP contribution in [0.1, 0.15) is 45.4 Å². The molecule has 1 heterocycles. The quantitative estimate of drug-likeness (QED) is 0.765. The van der Waals surface area contributed by atoms with Gasteiger partial charge in [-0.1, -0.05) is 12.8 Å². The van der Waals surface area contributed by atoms with E-state index in [-0.39, 0.29) is 5.91 Å². The lowest BCUT2D eigenvalue weighted by Gasteiger charge is -2.39. The van der Waals surface area contributed by atoms with Crippen LogP contribution in [0.2, 0.25) is 0 Å². The highest BCUT2D eigenvalue weighted by Crippen LogP contribution is 2.27. The highest BCUT2D eigenvalue weighted by Gasteiger charge is 2.31. The van der Waals surface area contributed by atoms with E-state index in [9.17, 15) is 4.79 Å². The number of nitrogens with one attached hydrogen (secondary N) is 1. The number of carbonyl (C=O) groups excluding carboxylic acids is 1. The van der Waals surface area contributed by atoms with Crippen molar-refractivity contribution in [2.75, 3.05) is 13.1 Å². The number of carbonyl (C=O) groups is 1. The Kier molecular flexibility index (Phi) is 4.40. The molecular weight excluding hydrogens is 214 g/mol. The Labute approximate surface area is 104 Å². The molecule has 1 aliphatic heterocycles. The van der Waals surface area contributed by atoms with Crippen LogP contribution in [0.15, 0.2) is 0 Å². The zero-order valence-electron chi connectivity index (χ0n) is 10.8. The van der Waals surface area contributed by atoms with Crippen LogP contribution >= 0.6 is 0 Å². The van der Waals surface area contributed by atoms with Gasteiger partial charge in [-0.3, -0.25) is 9.69 Å². The number of primary amides is 1. The first-order valence-corrected chi connectivity index (χ1v) is 6.94. The van der Waals surface area contributed by atoms with Gasteiger partial charge >= 0.3 is 0 Å². The first-order chi connectivity index (χ1) is 8.16. The maximum Gasteiger partial charge on any atom is 0.231 e. The van der Waals surface area contributed by atoms with E-state index in [4.69, 9.17) is 5.73 Å². The molecule has 2 unspecified atom stereocenters. The number of piperidine rings is 1. The van der Waals surface area contributed by atoms with Crippen LogP contribution in [0.5, 0.6) is 0 Å². The molecule has 2 rings (SSSR count). The van der Waals surface area contributed by atoms with E-state index in [1.807, 2.05) is 0 Å². The minimum atomic E-state index is -0.185. The predicted octanol–water partition coefficient (Wildman–Crippen LogP) is 0.857. The molecule has 1 saturated carbocycles. The Bertz CT molecular complexity index is 255. The molecule has 98 valence electrons. The third kappa shape index (κ3) is 3.42. The van der Waals surface area contributed by atoms with E-state index < -0.39 is 0 Å². The molecule has 1 aliphatic carbocycles. The molecule has 4 nitrogen and oxygen atoms in total. The normalized spacial score (nSPS) is 30.9. The molecule has 1 amide bonds. The lowest BCUT2D eigenvalue weighted by Crippen LogP contribution is -2.54. The molecule has 2 aliphatic rings. The summed E-state index contributed by atoms with van der Waals surface area (Å²) in [7, 11) is 0. The van der Waals surface area contributed by atoms with Gasteiger partial charge in [0.2, 0.25) is 5.91 Å². The second-order valence-electron chi connectivity index (χ2n) is 5.62. The smallest absolute Gasteiger partial charge is 0.231 e. The van der Waals surface area contributed by atoms with Crippen LogP contribution in [0, 0.1) is 0 Å². The van der Waals surface area contributed by atoms with Crippen molar-refractivity contribution in [2.24, 2.45) is 5.73 Å². The van der Waals surface area contributed by atoms with E-state index in [2.05, 4.69) is 17.1 Å². The Morgan fingerprint density at radius 1 is 1.24 bits per heavy atom. The summed E-state index contributed by atoms with van der Waals surface area (Å²) in [6.45, 7) is 3.67. The molecule has 0 bridgehead atoms. The number of nitrogens with zero attached hydrogens (tertiary/aromatic N) is 1. The molecule has 2 fully saturated rings. The van der Waals surface area contributed by atoms with E-state index in [1.165, 1.54) is 38.5 Å². The first-order valence-electron chi connectivity index (χ1n) is 6.94. The predicted molar refractivity (Wildman–Crippen MR) is 68.6 cm³/mol. The standard InChI is InChI=1S/C13H25N3O/c1-10-6-7-12(8-15-10)16(9-13(14)17)11-4-2-3-5-11/h10-12,15H,2-9H2,1H3,(H2,14,17). The van der Waals surface area contributed by atoms with Gasteiger partial charge in [-0.25, -0.2) is 0 Å². The SMILES string of the molecule is CC1CCC(N(CC(N)=O)C2CCCC2)CN1. The highest BCUT2D eigenvalue weighted by atomic mass is 16.1. The van der Waals surface area contributed by atoms with E-state index in [0.29, 0.717) is 24.7 Å². The maximum absolute atomic E-state index is 11.2. The molecule has 1 saturated heterocycles. The minimum absolute atomic E-state index is 0.185. The van der Waals surface area contributed by atoms with Crippen molar-refractivity contribution in [3.63, 3.8) is 0 Å². The number of amides is 1. The second-order valence-corrected chi connectivity index (χ2v) is 5.62. The zero-order valence-corrected chi connectivity index (χ0v) is 10.8. The first kappa shape index (κ1) is 12.8. The van der Waals surface area contributed by atoms with Gasteiger partial charge in [0.05, 0.1) is 6.54 Å². The number of rotatable bonds is 4. The zero-order chi connectivity index (χ0) is 12.3. The van der Waals surface area contributed by atoms with Crippen LogP contribution < -0.4 is 11.1 Å². The fourth-order valence-electron chi connectivity index (χ4n) is 3.24. The fourth-order valence-corrected chi connectivity index (χ4v) is 3.24. The van der Waals surface area contributed by atoms with Gasteiger partial charge in [-0.15, -0.1) is 0 Å². The van der Waals surface area contributed by atoms with Crippen LogP contribution in [0.3, 0.4) is 0 Å². The summed E-state index contributed by atoms with van der Waals surface area (Å²) in [5.74, 6) is -0.185. The Morgan fingerprint density at radius 3 is 2.47 bits per heavy atom. The third-order valence-corrected chi connectivity index (χ3v) is 4.24. The molecular formula is C13H25N3O. The molecule has 4 heteroatoms. The van der Waals surface area contributed by atoms with Gasteiger partial charge < -0.3 is 11.1 Å². The molecule has 0 aromatic heterocycles. The fraction of sp³-hybridized carbons (Fsp3) is 0.923. The Morgan fingerprint density at radius 2 is 1.94 bits per heavy atom. The Balaban J connectivity index is 1.96. The van der Waals surface area contributed by atoms with E-state index in [1.54, 1.807) is 0 Å². The lowest BCUT2D eigenvalue weighted by atomic mass is 9.98. The molecule has 3 N–H and O–H groups in total. The van der Waals surface area contributed by atoms with Crippen molar-refractivity contribution in [2.45, 2.75) is 63.6 Å². The molecule has 2 atom stereocenters. The van der Waals surface area contributed by atoms with E-state index in [0.717, 1.165) is 6.54 Å². The molecule has 0 aromatic rings. The summed E-state index contributed by atoms with van der Waals surface area (Å²) in [4.78, 5) is 13.6. The second kappa shape index (κ2) is 5.83. The number of hydrogen-bond donors (Lipinski definition) is 2.